The van der Waals surface area contributed by atoms with Crippen LogP contribution in [0.5, 0.6) is 0 Å². The van der Waals surface area contributed by atoms with E-state index in [4.69, 9.17) is 46.4 Å². The highest BCUT2D eigenvalue weighted by Crippen LogP contribution is 2.36. The minimum Gasteiger partial charge on any atom is -0.355 e. The van der Waals surface area contributed by atoms with Crippen molar-refractivity contribution in [1.82, 2.24) is 10.2 Å². The Morgan fingerprint density at radius 1 is 0.846 bits per heavy atom. The van der Waals surface area contributed by atoms with Crippen molar-refractivity contribution in [2.45, 2.75) is 37.8 Å². The van der Waals surface area contributed by atoms with Gasteiger partial charge in [0.15, 0.2) is 0 Å². The van der Waals surface area contributed by atoms with E-state index in [1.165, 1.54) is 35.2 Å². The van der Waals surface area contributed by atoms with Crippen LogP contribution in [0.1, 0.15) is 25.8 Å². The van der Waals surface area contributed by atoms with Crippen LogP contribution in [0, 0.1) is 0 Å². The van der Waals surface area contributed by atoms with Gasteiger partial charge in [0.05, 0.1) is 20.6 Å². The number of sulfonamides is 1. The first-order valence-electron chi connectivity index (χ1n) is 12.0. The Balaban J connectivity index is 2.13. The molecular weight excluding hydrogens is 604 g/mol. The molecule has 39 heavy (non-hydrogen) atoms. The van der Waals surface area contributed by atoms with Gasteiger partial charge in [0, 0.05) is 28.7 Å². The van der Waals surface area contributed by atoms with E-state index in [1.807, 2.05) is 0 Å². The molecule has 0 aliphatic rings. The van der Waals surface area contributed by atoms with Crippen molar-refractivity contribution in [2.75, 3.05) is 17.4 Å². The number of nitrogens with one attached hydrogen (secondary N) is 1. The molecule has 0 bridgehead atoms. The molecule has 0 aliphatic heterocycles. The molecule has 0 radical (unpaired) electrons. The summed E-state index contributed by atoms with van der Waals surface area (Å²) < 4.78 is 28.6. The van der Waals surface area contributed by atoms with E-state index < -0.39 is 34.4 Å². The molecule has 1 N–H and O–H groups in total. The summed E-state index contributed by atoms with van der Waals surface area (Å²) in [6.45, 7) is 3.05. The Kier molecular flexibility index (Phi) is 10.9. The molecule has 7 nitrogen and oxygen atoms in total. The number of nitrogens with zero attached hydrogens (tertiary/aromatic N) is 2. The predicted octanol–water partition coefficient (Wildman–Crippen LogP) is 6.44. The lowest BCUT2D eigenvalue weighted by Gasteiger charge is -2.33. The lowest BCUT2D eigenvalue weighted by Crippen LogP contribution is -2.52. The number of carbonyl (C=O) groups excluding carboxylic acids is 2. The minimum atomic E-state index is -4.28. The van der Waals surface area contributed by atoms with Gasteiger partial charge in [0.25, 0.3) is 10.0 Å². The number of carbonyl (C=O) groups is 2. The molecule has 0 aliphatic carbocycles. The summed E-state index contributed by atoms with van der Waals surface area (Å²) in [5, 5.41) is 3.42. The lowest BCUT2D eigenvalue weighted by molar-refractivity contribution is -0.140. The Morgan fingerprint density at radius 3 is 2.03 bits per heavy atom. The number of benzene rings is 3. The van der Waals surface area contributed by atoms with Gasteiger partial charge in [0.2, 0.25) is 11.8 Å². The monoisotopic (exact) mass is 629 g/mol. The molecule has 1 atom stereocenters. The fourth-order valence-corrected chi connectivity index (χ4v) is 6.40. The van der Waals surface area contributed by atoms with Crippen molar-refractivity contribution < 1.29 is 18.0 Å². The Morgan fingerprint density at radius 2 is 1.44 bits per heavy atom. The number of hydrogen-bond acceptors (Lipinski definition) is 4. The maximum absolute atomic E-state index is 14.0. The SMILES string of the molecule is CCNC(=O)[C@@H](CC)N(Cc1c(Cl)cccc1Cl)C(=O)CN(c1cccc(Cl)c1Cl)S(=O)(=O)c1ccccc1. The van der Waals surface area contributed by atoms with Crippen molar-refractivity contribution >= 4 is 73.9 Å². The Hall–Kier alpha value is -2.49. The fraction of sp³-hybridized carbons (Fsp3) is 0.259. The van der Waals surface area contributed by atoms with Crippen LogP contribution in [-0.4, -0.2) is 44.3 Å². The third-order valence-electron chi connectivity index (χ3n) is 5.94. The molecule has 0 heterocycles. The van der Waals surface area contributed by atoms with Crippen LogP contribution in [0.2, 0.25) is 20.1 Å². The second kappa shape index (κ2) is 13.7. The zero-order valence-electron chi connectivity index (χ0n) is 21.2. The van der Waals surface area contributed by atoms with Gasteiger partial charge in [-0.2, -0.15) is 0 Å². The summed E-state index contributed by atoms with van der Waals surface area (Å²) in [5.74, 6) is -1.06. The highest BCUT2D eigenvalue weighted by atomic mass is 35.5. The first-order chi connectivity index (χ1) is 18.5. The largest absolute Gasteiger partial charge is 0.355 e. The second-order valence-corrected chi connectivity index (χ2v) is 11.9. The van der Waals surface area contributed by atoms with Crippen LogP contribution in [0.4, 0.5) is 5.69 Å². The molecule has 3 rings (SSSR count). The van der Waals surface area contributed by atoms with E-state index in [0.29, 0.717) is 22.2 Å². The molecule has 12 heteroatoms. The molecule has 0 saturated heterocycles. The standard InChI is InChI=1S/C27H27Cl4N3O4S/c1-3-23(27(36)32-4-2)33(16-19-20(28)12-8-13-21(19)29)25(35)17-34(24-15-9-14-22(30)26(24)31)39(37,38)18-10-6-5-7-11-18/h5-15,23H,3-4,16-17H2,1-2H3,(H,32,36)/t23-/m1/s1. The van der Waals surface area contributed by atoms with Gasteiger partial charge >= 0.3 is 0 Å². The summed E-state index contributed by atoms with van der Waals surface area (Å²) in [6, 6.07) is 16.1. The van der Waals surface area contributed by atoms with E-state index in [2.05, 4.69) is 5.32 Å². The highest BCUT2D eigenvalue weighted by Gasteiger charge is 2.35. The van der Waals surface area contributed by atoms with E-state index in [1.54, 1.807) is 50.2 Å². The third kappa shape index (κ3) is 7.18. The number of halogens is 4. The molecule has 3 aromatic rings. The van der Waals surface area contributed by atoms with Crippen molar-refractivity contribution in [3.8, 4) is 0 Å². The van der Waals surface area contributed by atoms with Crippen molar-refractivity contribution in [3.05, 3.63) is 92.4 Å². The first kappa shape index (κ1) is 31.0. The van der Waals surface area contributed by atoms with Gasteiger partial charge < -0.3 is 10.2 Å². The molecule has 2 amide bonds. The summed E-state index contributed by atoms with van der Waals surface area (Å²) in [5.41, 5.74) is 0.443. The van der Waals surface area contributed by atoms with Gasteiger partial charge in [0.1, 0.15) is 12.6 Å². The maximum atomic E-state index is 14.0. The average molecular weight is 631 g/mol. The number of anilines is 1. The number of likely N-dealkylation sites (N-methyl/N-ethyl adjacent to an activating group) is 1. The van der Waals surface area contributed by atoms with Crippen molar-refractivity contribution in [3.63, 3.8) is 0 Å². The molecule has 208 valence electrons. The van der Waals surface area contributed by atoms with Gasteiger partial charge in [-0.1, -0.05) is 83.7 Å². The molecule has 0 spiro atoms. The van der Waals surface area contributed by atoms with Gasteiger partial charge in [-0.05, 0) is 49.7 Å². The lowest BCUT2D eigenvalue weighted by atomic mass is 10.1. The summed E-state index contributed by atoms with van der Waals surface area (Å²) >= 11 is 25.4. The third-order valence-corrected chi connectivity index (χ3v) is 9.23. The zero-order chi connectivity index (χ0) is 28.7. The molecular formula is C27H27Cl4N3O4S. The average Bonchev–Trinajstić information content (AvgIpc) is 2.91. The number of rotatable bonds is 11. The van der Waals surface area contributed by atoms with Crippen molar-refractivity contribution in [1.29, 1.82) is 0 Å². The van der Waals surface area contributed by atoms with Crippen LogP contribution < -0.4 is 9.62 Å². The summed E-state index contributed by atoms with van der Waals surface area (Å²) in [4.78, 5) is 28.3. The van der Waals surface area contributed by atoms with E-state index >= 15 is 0 Å². The predicted molar refractivity (Wildman–Crippen MR) is 157 cm³/mol. The maximum Gasteiger partial charge on any atom is 0.264 e. The smallest absolute Gasteiger partial charge is 0.264 e. The van der Waals surface area contributed by atoms with Crippen LogP contribution in [-0.2, 0) is 26.2 Å². The van der Waals surface area contributed by atoms with Gasteiger partial charge in [-0.15, -0.1) is 0 Å². The van der Waals surface area contributed by atoms with Crippen LogP contribution in [0.3, 0.4) is 0 Å². The molecule has 0 fully saturated rings. The summed E-state index contributed by atoms with van der Waals surface area (Å²) in [7, 11) is -4.28. The molecule has 0 unspecified atom stereocenters. The fourth-order valence-electron chi connectivity index (χ4n) is 3.98. The zero-order valence-corrected chi connectivity index (χ0v) is 25.0. The molecule has 0 aromatic heterocycles. The van der Waals surface area contributed by atoms with Crippen LogP contribution >= 0.6 is 46.4 Å². The van der Waals surface area contributed by atoms with E-state index in [0.717, 1.165) is 4.31 Å². The highest BCUT2D eigenvalue weighted by molar-refractivity contribution is 7.92. The second-order valence-electron chi connectivity index (χ2n) is 8.44. The van der Waals surface area contributed by atoms with E-state index in [9.17, 15) is 18.0 Å². The van der Waals surface area contributed by atoms with Gasteiger partial charge in [-0.25, -0.2) is 8.42 Å². The number of hydrogen-bond donors (Lipinski definition) is 1. The number of amides is 2. The Labute approximate surface area is 248 Å². The normalized spacial score (nSPS) is 12.1. The Bertz CT molecular complexity index is 1420. The quantitative estimate of drug-likeness (QED) is 0.264. The van der Waals surface area contributed by atoms with Gasteiger partial charge in [-0.3, -0.25) is 13.9 Å². The van der Waals surface area contributed by atoms with Crippen molar-refractivity contribution in [2.24, 2.45) is 0 Å². The topological polar surface area (TPSA) is 86.8 Å². The van der Waals surface area contributed by atoms with E-state index in [-0.39, 0.29) is 33.6 Å². The molecule has 0 saturated carbocycles. The van der Waals surface area contributed by atoms with Crippen LogP contribution in [0.15, 0.2) is 71.6 Å². The minimum absolute atomic E-state index is 0.0168. The first-order valence-corrected chi connectivity index (χ1v) is 15.0. The van der Waals surface area contributed by atoms with Crippen LogP contribution in [0.25, 0.3) is 0 Å². The molecule has 3 aromatic carbocycles. The summed E-state index contributed by atoms with van der Waals surface area (Å²) in [6.07, 6.45) is 0.253.